The summed E-state index contributed by atoms with van der Waals surface area (Å²) in [6.45, 7) is -1.79. The second-order valence-corrected chi connectivity index (χ2v) is 11.0. The maximum absolute atomic E-state index is 15.0. The van der Waals surface area contributed by atoms with Crippen LogP contribution in [0.3, 0.4) is 0 Å². The molecule has 0 N–H and O–H groups in total. The largest absolute Gasteiger partial charge is 0.416 e. The van der Waals surface area contributed by atoms with Gasteiger partial charge in [0.25, 0.3) is 0 Å². The molecule has 1 heterocycles. The summed E-state index contributed by atoms with van der Waals surface area (Å²) in [7, 11) is 0. The van der Waals surface area contributed by atoms with E-state index in [0.717, 1.165) is 0 Å². The van der Waals surface area contributed by atoms with E-state index in [1.54, 1.807) is 121 Å². The fraction of sp³-hybridized carbons (Fsp3) is 0.0811. The molecular weight excluding hydrogens is 626 g/mol. The van der Waals surface area contributed by atoms with Crippen molar-refractivity contribution in [3.63, 3.8) is 0 Å². The first-order valence-corrected chi connectivity index (χ1v) is 14.4. The van der Waals surface area contributed by atoms with E-state index < -0.39 is 47.4 Å². The monoisotopic (exact) mass is 648 g/mol. The van der Waals surface area contributed by atoms with E-state index in [0.29, 0.717) is 33.4 Å². The standard InChI is InChI=1S/C37H22BF9/c39-35(40,41)27-21-28(36(42,43)44)34(29(22-27)37(45,46)47)38-32(25-17-9-3-10-18-25)30(23-13-5-1-6-14-23)31(24-15-7-2-8-16-24)33(38)26-19-11-4-12-20-26/h1-22H. The van der Waals surface area contributed by atoms with E-state index in [4.69, 9.17) is 0 Å². The lowest BCUT2D eigenvalue weighted by Gasteiger charge is -2.27. The minimum absolute atomic E-state index is 0.102. The molecule has 0 saturated heterocycles. The van der Waals surface area contributed by atoms with Crippen LogP contribution in [0.25, 0.3) is 22.1 Å². The average Bonchev–Trinajstić information content (AvgIpc) is 3.40. The van der Waals surface area contributed by atoms with Gasteiger partial charge in [0.1, 0.15) is 0 Å². The van der Waals surface area contributed by atoms with Crippen molar-refractivity contribution in [3.8, 4) is 0 Å². The molecule has 5 aromatic carbocycles. The number of allylic oxidation sites excluding steroid dienone is 2. The maximum Gasteiger partial charge on any atom is 0.416 e. The number of benzene rings is 5. The highest BCUT2D eigenvalue weighted by Crippen LogP contribution is 2.52. The Bertz CT molecular complexity index is 1820. The van der Waals surface area contributed by atoms with Crippen LogP contribution >= 0.6 is 0 Å². The lowest BCUT2D eigenvalue weighted by molar-refractivity contribution is -0.147. The van der Waals surface area contributed by atoms with E-state index in [9.17, 15) is 39.5 Å². The van der Waals surface area contributed by atoms with Gasteiger partial charge in [0, 0.05) is 0 Å². The van der Waals surface area contributed by atoms with Crippen molar-refractivity contribution in [3.05, 3.63) is 172 Å². The molecule has 6 rings (SSSR count). The molecule has 0 unspecified atom stereocenters. The van der Waals surface area contributed by atoms with Crippen molar-refractivity contribution in [2.45, 2.75) is 18.5 Å². The first-order chi connectivity index (χ1) is 22.3. The summed E-state index contributed by atoms with van der Waals surface area (Å²) in [5.41, 5.74) is -4.76. The number of hydrogen-bond donors (Lipinski definition) is 0. The molecule has 47 heavy (non-hydrogen) atoms. The average molecular weight is 648 g/mol. The van der Waals surface area contributed by atoms with Gasteiger partial charge in [0.15, 0.2) is 0 Å². The predicted octanol–water partition coefficient (Wildman–Crippen LogP) is 10.8. The Kier molecular flexibility index (Phi) is 8.16. The summed E-state index contributed by atoms with van der Waals surface area (Å²) in [5, 5.41) is 0. The first-order valence-electron chi connectivity index (χ1n) is 14.4. The molecule has 236 valence electrons. The first kappa shape index (κ1) is 32.0. The lowest BCUT2D eigenvalue weighted by atomic mass is 9.33. The molecule has 0 spiro atoms. The third-order valence-electron chi connectivity index (χ3n) is 8.07. The highest BCUT2D eigenvalue weighted by atomic mass is 19.4. The number of halogens is 9. The van der Waals surface area contributed by atoms with E-state index in [1.807, 2.05) is 0 Å². The van der Waals surface area contributed by atoms with Crippen LogP contribution in [-0.4, -0.2) is 6.71 Å². The van der Waals surface area contributed by atoms with E-state index >= 15 is 0 Å². The minimum atomic E-state index is -5.58. The number of alkyl halides is 9. The fourth-order valence-corrected chi connectivity index (χ4v) is 6.25. The van der Waals surface area contributed by atoms with E-state index in [1.165, 1.54) is 0 Å². The van der Waals surface area contributed by atoms with Crippen molar-refractivity contribution in [2.75, 3.05) is 0 Å². The Labute approximate surface area is 264 Å². The molecule has 0 bridgehead atoms. The lowest BCUT2D eigenvalue weighted by Crippen LogP contribution is -2.43. The SMILES string of the molecule is FC(F)(F)c1cc(C(F)(F)F)c(B2C(c3ccccc3)=C(c3ccccc3)C(c3ccccc3)=C2c2ccccc2)c(C(F)(F)F)c1. The zero-order valence-electron chi connectivity index (χ0n) is 24.2. The zero-order chi connectivity index (χ0) is 33.6. The highest BCUT2D eigenvalue weighted by molar-refractivity contribution is 7.09. The zero-order valence-corrected chi connectivity index (χ0v) is 24.2. The van der Waals surface area contributed by atoms with Crippen molar-refractivity contribution < 1.29 is 39.5 Å². The Morgan fingerprint density at radius 2 is 0.660 bits per heavy atom. The normalized spacial score (nSPS) is 14.3. The van der Waals surface area contributed by atoms with Crippen LogP contribution in [0, 0.1) is 0 Å². The van der Waals surface area contributed by atoms with Gasteiger partial charge in [0.05, 0.1) is 16.7 Å². The van der Waals surface area contributed by atoms with E-state index in [2.05, 4.69) is 0 Å². The van der Waals surface area contributed by atoms with Gasteiger partial charge in [0.2, 0.25) is 6.71 Å². The minimum Gasteiger partial charge on any atom is -0.166 e. The fourth-order valence-electron chi connectivity index (χ4n) is 6.25. The molecule has 0 aliphatic carbocycles. The summed E-state index contributed by atoms with van der Waals surface area (Å²) in [6.07, 6.45) is -16.6. The molecular formula is C37H22BF9. The maximum atomic E-state index is 15.0. The topological polar surface area (TPSA) is 0 Å². The van der Waals surface area contributed by atoms with Crippen LogP contribution < -0.4 is 5.46 Å². The number of rotatable bonds is 5. The van der Waals surface area contributed by atoms with Crippen LogP contribution in [0.4, 0.5) is 39.5 Å². The molecule has 0 fully saturated rings. The summed E-state index contributed by atoms with van der Waals surface area (Å²) >= 11 is 0. The van der Waals surface area contributed by atoms with Gasteiger partial charge < -0.3 is 0 Å². The molecule has 1 aliphatic rings. The van der Waals surface area contributed by atoms with Gasteiger partial charge in [-0.2, -0.15) is 39.5 Å². The van der Waals surface area contributed by atoms with Crippen molar-refractivity contribution in [2.24, 2.45) is 0 Å². The van der Waals surface area contributed by atoms with Gasteiger partial charge in [-0.1, -0.05) is 132 Å². The van der Waals surface area contributed by atoms with Gasteiger partial charge in [-0.3, -0.25) is 0 Å². The Morgan fingerprint density at radius 1 is 0.362 bits per heavy atom. The third kappa shape index (κ3) is 6.12. The molecule has 0 amide bonds. The summed E-state index contributed by atoms with van der Waals surface area (Å²) in [6, 6.07) is 32.7. The van der Waals surface area contributed by atoms with Gasteiger partial charge in [-0.15, -0.1) is 0 Å². The van der Waals surface area contributed by atoms with Crippen molar-refractivity contribution >= 4 is 34.3 Å². The van der Waals surface area contributed by atoms with Crippen molar-refractivity contribution in [1.29, 1.82) is 0 Å². The van der Waals surface area contributed by atoms with Gasteiger partial charge in [-0.05, 0) is 51.0 Å². The Morgan fingerprint density at radius 3 is 0.936 bits per heavy atom. The molecule has 1 aliphatic heterocycles. The highest BCUT2D eigenvalue weighted by Gasteiger charge is 2.51. The van der Waals surface area contributed by atoms with Crippen LogP contribution in [0.15, 0.2) is 133 Å². The molecule has 0 saturated carbocycles. The quantitative estimate of drug-likeness (QED) is 0.131. The molecule has 0 atom stereocenters. The predicted molar refractivity (Wildman–Crippen MR) is 166 cm³/mol. The molecule has 0 nitrogen and oxygen atoms in total. The second-order valence-electron chi connectivity index (χ2n) is 11.0. The molecule has 10 heteroatoms. The van der Waals surface area contributed by atoms with Crippen LogP contribution in [0.2, 0.25) is 0 Å². The molecule has 5 aromatic rings. The smallest absolute Gasteiger partial charge is 0.166 e. The Balaban J connectivity index is 1.89. The number of hydrogen-bond acceptors (Lipinski definition) is 0. The summed E-state index contributed by atoms with van der Waals surface area (Å²) in [4.78, 5) is 0. The third-order valence-corrected chi connectivity index (χ3v) is 8.07. The van der Waals surface area contributed by atoms with Crippen LogP contribution in [-0.2, 0) is 18.5 Å². The Hall–Kier alpha value is -4.99. The van der Waals surface area contributed by atoms with Gasteiger partial charge >= 0.3 is 18.5 Å². The van der Waals surface area contributed by atoms with E-state index in [-0.39, 0.29) is 23.1 Å². The van der Waals surface area contributed by atoms with Crippen LogP contribution in [0.5, 0.6) is 0 Å². The van der Waals surface area contributed by atoms with Crippen molar-refractivity contribution in [1.82, 2.24) is 0 Å². The summed E-state index contributed by atoms with van der Waals surface area (Å²) < 4.78 is 132. The van der Waals surface area contributed by atoms with Crippen LogP contribution in [0.1, 0.15) is 38.9 Å². The molecule has 0 aromatic heterocycles. The van der Waals surface area contributed by atoms with Gasteiger partial charge in [-0.25, -0.2) is 0 Å². The molecule has 0 radical (unpaired) electrons. The summed E-state index contributed by atoms with van der Waals surface area (Å²) in [5.74, 6) is 0. The second kappa shape index (κ2) is 12.0.